The third-order valence-corrected chi connectivity index (χ3v) is 4.24. The molecular formula is C18H14ClN3O. The Morgan fingerprint density at radius 3 is 3.00 bits per heavy atom. The van der Waals surface area contributed by atoms with Crippen LogP contribution < -0.4 is 10.9 Å². The number of nitrogens with one attached hydrogen (secondary N) is 2. The lowest BCUT2D eigenvalue weighted by Gasteiger charge is -2.08. The molecule has 4 rings (SSSR count). The SMILES string of the molecule is O=c1[nH]c2ccc(Cl)cc2cc1CNc1ccc2c(c1)C=NC2. The topological polar surface area (TPSA) is 57.2 Å². The zero-order valence-corrected chi connectivity index (χ0v) is 13.0. The fourth-order valence-electron chi connectivity index (χ4n) is 2.76. The number of H-pyrrole nitrogens is 1. The molecule has 0 saturated heterocycles. The monoisotopic (exact) mass is 323 g/mol. The van der Waals surface area contributed by atoms with Crippen LogP contribution in [-0.2, 0) is 13.1 Å². The lowest BCUT2D eigenvalue weighted by atomic mass is 10.1. The Morgan fingerprint density at radius 1 is 1.17 bits per heavy atom. The molecule has 5 heteroatoms. The van der Waals surface area contributed by atoms with E-state index in [1.165, 1.54) is 5.56 Å². The van der Waals surface area contributed by atoms with E-state index in [1.54, 1.807) is 6.07 Å². The van der Waals surface area contributed by atoms with Crippen molar-refractivity contribution in [2.75, 3.05) is 5.32 Å². The number of benzene rings is 2. The Bertz CT molecular complexity index is 991. The number of rotatable bonds is 3. The summed E-state index contributed by atoms with van der Waals surface area (Å²) in [5.41, 5.74) is 4.71. The van der Waals surface area contributed by atoms with Crippen LogP contribution in [0.15, 0.2) is 52.3 Å². The van der Waals surface area contributed by atoms with Gasteiger partial charge in [-0.2, -0.15) is 0 Å². The lowest BCUT2D eigenvalue weighted by Crippen LogP contribution is -2.15. The Balaban J connectivity index is 1.61. The van der Waals surface area contributed by atoms with Crippen LogP contribution in [0.25, 0.3) is 10.9 Å². The summed E-state index contributed by atoms with van der Waals surface area (Å²) in [6, 6.07) is 13.4. The van der Waals surface area contributed by atoms with Gasteiger partial charge in [0.15, 0.2) is 0 Å². The van der Waals surface area contributed by atoms with Crippen LogP contribution in [0, 0.1) is 0 Å². The van der Waals surface area contributed by atoms with Crippen molar-refractivity contribution in [1.82, 2.24) is 4.98 Å². The molecule has 1 aliphatic rings. The normalized spacial score (nSPS) is 12.6. The van der Waals surface area contributed by atoms with E-state index in [0.29, 0.717) is 17.1 Å². The standard InChI is InChI=1S/C18H14ClN3O/c19-15-2-4-17-12(6-15)5-14(18(23)22-17)10-21-16-3-1-11-8-20-9-13(11)7-16/h1-7,9,21H,8,10H2,(H,22,23). The quantitative estimate of drug-likeness (QED) is 0.771. The van der Waals surface area contributed by atoms with Crippen LogP contribution in [0.2, 0.25) is 5.02 Å². The number of nitrogens with zero attached hydrogens (tertiary/aromatic N) is 1. The summed E-state index contributed by atoms with van der Waals surface area (Å²) in [5.74, 6) is 0. The van der Waals surface area contributed by atoms with Crippen molar-refractivity contribution in [2.45, 2.75) is 13.1 Å². The molecule has 0 saturated carbocycles. The van der Waals surface area contributed by atoms with Crippen LogP contribution in [0.1, 0.15) is 16.7 Å². The average molecular weight is 324 g/mol. The third kappa shape index (κ3) is 2.73. The molecule has 3 aromatic rings. The molecule has 0 radical (unpaired) electrons. The van der Waals surface area contributed by atoms with Gasteiger partial charge in [-0.3, -0.25) is 9.79 Å². The molecule has 2 heterocycles. The maximum Gasteiger partial charge on any atom is 0.253 e. The Kier molecular flexibility index (Phi) is 3.39. The van der Waals surface area contributed by atoms with Gasteiger partial charge in [0.2, 0.25) is 0 Å². The summed E-state index contributed by atoms with van der Waals surface area (Å²) in [6.45, 7) is 1.20. The average Bonchev–Trinajstić information content (AvgIpc) is 3.01. The van der Waals surface area contributed by atoms with Gasteiger partial charge in [0.05, 0.1) is 6.54 Å². The van der Waals surface area contributed by atoms with Crippen molar-refractivity contribution in [1.29, 1.82) is 0 Å². The van der Waals surface area contributed by atoms with E-state index >= 15 is 0 Å². The van der Waals surface area contributed by atoms with Gasteiger partial charge in [-0.25, -0.2) is 0 Å². The highest BCUT2D eigenvalue weighted by atomic mass is 35.5. The van der Waals surface area contributed by atoms with Gasteiger partial charge in [-0.15, -0.1) is 0 Å². The summed E-state index contributed by atoms with van der Waals surface area (Å²) in [6.07, 6.45) is 1.88. The van der Waals surface area contributed by atoms with Crippen LogP contribution in [0.3, 0.4) is 0 Å². The molecule has 0 atom stereocenters. The van der Waals surface area contributed by atoms with Crippen molar-refractivity contribution in [3.63, 3.8) is 0 Å². The molecule has 0 bridgehead atoms. The molecule has 1 aromatic heterocycles. The Hall–Kier alpha value is -2.59. The van der Waals surface area contributed by atoms with E-state index in [-0.39, 0.29) is 5.56 Å². The highest BCUT2D eigenvalue weighted by Gasteiger charge is 2.07. The summed E-state index contributed by atoms with van der Waals surface area (Å²) in [7, 11) is 0. The molecule has 2 aromatic carbocycles. The van der Waals surface area contributed by atoms with E-state index in [9.17, 15) is 4.79 Å². The summed E-state index contributed by atoms with van der Waals surface area (Å²) in [4.78, 5) is 19.3. The van der Waals surface area contributed by atoms with Crippen LogP contribution in [-0.4, -0.2) is 11.2 Å². The number of fused-ring (bicyclic) bond motifs is 2. The molecule has 0 fully saturated rings. The molecule has 23 heavy (non-hydrogen) atoms. The first-order valence-electron chi connectivity index (χ1n) is 7.37. The van der Waals surface area contributed by atoms with Crippen molar-refractivity contribution in [2.24, 2.45) is 4.99 Å². The van der Waals surface area contributed by atoms with E-state index in [1.807, 2.05) is 30.5 Å². The highest BCUT2D eigenvalue weighted by Crippen LogP contribution is 2.20. The predicted octanol–water partition coefficient (Wildman–Crippen LogP) is 3.73. The number of aromatic amines is 1. The third-order valence-electron chi connectivity index (χ3n) is 4.00. The maximum absolute atomic E-state index is 12.2. The second-order valence-electron chi connectivity index (χ2n) is 5.59. The number of hydrogen-bond donors (Lipinski definition) is 2. The maximum atomic E-state index is 12.2. The summed E-state index contributed by atoms with van der Waals surface area (Å²) >= 11 is 6.02. The molecular weight excluding hydrogens is 310 g/mol. The minimum Gasteiger partial charge on any atom is -0.381 e. The molecule has 114 valence electrons. The van der Waals surface area contributed by atoms with Crippen LogP contribution >= 0.6 is 11.6 Å². The Morgan fingerprint density at radius 2 is 2.09 bits per heavy atom. The molecule has 2 N–H and O–H groups in total. The predicted molar refractivity (Wildman–Crippen MR) is 94.6 cm³/mol. The molecule has 4 nitrogen and oxygen atoms in total. The molecule has 0 aliphatic carbocycles. The zero-order valence-electron chi connectivity index (χ0n) is 12.3. The van der Waals surface area contributed by atoms with Crippen molar-refractivity contribution in [3.05, 3.63) is 74.5 Å². The number of hydrogen-bond acceptors (Lipinski definition) is 3. The largest absolute Gasteiger partial charge is 0.381 e. The fraction of sp³-hybridized carbons (Fsp3) is 0.111. The van der Waals surface area contributed by atoms with Crippen LogP contribution in [0.5, 0.6) is 0 Å². The number of anilines is 1. The number of aliphatic imine (C=N–C) groups is 1. The van der Waals surface area contributed by atoms with E-state index in [4.69, 9.17) is 11.6 Å². The van der Waals surface area contributed by atoms with Gasteiger partial charge >= 0.3 is 0 Å². The first-order valence-corrected chi connectivity index (χ1v) is 7.75. The zero-order chi connectivity index (χ0) is 15.8. The van der Waals surface area contributed by atoms with Gasteiger partial charge in [-0.05, 0) is 47.5 Å². The lowest BCUT2D eigenvalue weighted by molar-refractivity contribution is 1.08. The van der Waals surface area contributed by atoms with Gasteiger partial charge in [-0.1, -0.05) is 17.7 Å². The molecule has 1 aliphatic heterocycles. The smallest absolute Gasteiger partial charge is 0.253 e. The minimum atomic E-state index is -0.0879. The van der Waals surface area contributed by atoms with E-state index < -0.39 is 0 Å². The van der Waals surface area contributed by atoms with Crippen LogP contribution in [0.4, 0.5) is 5.69 Å². The number of pyridine rings is 1. The van der Waals surface area contributed by atoms with Gasteiger partial charge < -0.3 is 10.3 Å². The van der Waals surface area contributed by atoms with E-state index in [2.05, 4.69) is 27.4 Å². The van der Waals surface area contributed by atoms with Crippen molar-refractivity contribution >= 4 is 34.4 Å². The number of aromatic nitrogens is 1. The highest BCUT2D eigenvalue weighted by molar-refractivity contribution is 6.31. The second kappa shape index (κ2) is 5.56. The van der Waals surface area contributed by atoms with Gasteiger partial charge in [0.25, 0.3) is 5.56 Å². The summed E-state index contributed by atoms with van der Waals surface area (Å²) < 4.78 is 0. The first kappa shape index (κ1) is 14.0. The van der Waals surface area contributed by atoms with E-state index in [0.717, 1.165) is 28.7 Å². The summed E-state index contributed by atoms with van der Waals surface area (Å²) in [5, 5.41) is 4.88. The fourth-order valence-corrected chi connectivity index (χ4v) is 2.94. The van der Waals surface area contributed by atoms with Crippen molar-refractivity contribution < 1.29 is 0 Å². The van der Waals surface area contributed by atoms with Gasteiger partial charge in [0.1, 0.15) is 0 Å². The Labute approximate surface area is 137 Å². The van der Waals surface area contributed by atoms with Gasteiger partial charge in [0, 0.05) is 39.9 Å². The number of halogens is 1. The second-order valence-corrected chi connectivity index (χ2v) is 6.03. The minimum absolute atomic E-state index is 0.0879. The molecule has 0 spiro atoms. The van der Waals surface area contributed by atoms with Crippen molar-refractivity contribution in [3.8, 4) is 0 Å². The molecule has 0 unspecified atom stereocenters. The molecule has 0 amide bonds. The first-order chi connectivity index (χ1) is 11.2.